The molecule has 6 nitrogen and oxygen atoms in total. The van der Waals surface area contributed by atoms with Crippen LogP contribution in [0, 0.1) is 0 Å². The number of nitrogens with one attached hydrogen (secondary N) is 1. The van der Waals surface area contributed by atoms with Gasteiger partial charge in [-0.05, 0) is 77.0 Å². The van der Waals surface area contributed by atoms with Crippen molar-refractivity contribution in [3.8, 4) is 0 Å². The molecule has 0 rings (SSSR count). The van der Waals surface area contributed by atoms with Gasteiger partial charge in [-0.15, -0.1) is 0 Å². The van der Waals surface area contributed by atoms with Crippen molar-refractivity contribution in [3.05, 3.63) is 24.3 Å². The fourth-order valence-electron chi connectivity index (χ4n) is 9.69. The molecule has 0 radical (unpaired) electrons. The van der Waals surface area contributed by atoms with Crippen LogP contribution in [0.2, 0.25) is 0 Å². The zero-order chi connectivity index (χ0) is 50.0. The van der Waals surface area contributed by atoms with Crippen LogP contribution in [0.25, 0.3) is 0 Å². The first-order valence-electron chi connectivity index (χ1n) is 31.1. The van der Waals surface area contributed by atoms with Gasteiger partial charge in [-0.3, -0.25) is 9.59 Å². The fraction of sp³-hybridized carbons (Fsp3) is 0.905. The molecule has 69 heavy (non-hydrogen) atoms. The van der Waals surface area contributed by atoms with E-state index in [2.05, 4.69) is 43.5 Å². The minimum atomic E-state index is -0.668. The van der Waals surface area contributed by atoms with Gasteiger partial charge in [0.25, 0.3) is 0 Å². The summed E-state index contributed by atoms with van der Waals surface area (Å²) >= 11 is 0. The zero-order valence-electron chi connectivity index (χ0n) is 46.6. The highest BCUT2D eigenvalue weighted by Gasteiger charge is 2.20. The summed E-state index contributed by atoms with van der Waals surface area (Å²) in [6, 6.07) is -0.546. The Hall–Kier alpha value is -1.66. The van der Waals surface area contributed by atoms with E-state index >= 15 is 0 Å². The molecule has 3 N–H and O–H groups in total. The summed E-state index contributed by atoms with van der Waals surface area (Å²) in [7, 11) is 0. The lowest BCUT2D eigenvalue weighted by atomic mass is 10.0. The first-order chi connectivity index (χ1) is 34.0. The second kappa shape index (κ2) is 58.9. The molecule has 0 saturated heterocycles. The number of carbonyl (C=O) groups is 2. The summed E-state index contributed by atoms with van der Waals surface area (Å²) < 4.78 is 5.49. The Bertz CT molecular complexity index is 1080. The number of aliphatic hydroxyl groups is 2. The molecule has 0 aromatic rings. The molecular weight excluding hydrogens is 851 g/mol. The molecule has 408 valence electrons. The smallest absolute Gasteiger partial charge is 0.305 e. The van der Waals surface area contributed by atoms with Crippen LogP contribution in [-0.4, -0.2) is 47.4 Å². The van der Waals surface area contributed by atoms with Gasteiger partial charge in [0.05, 0.1) is 25.4 Å². The third-order valence-electron chi connectivity index (χ3n) is 14.5. The van der Waals surface area contributed by atoms with Gasteiger partial charge in [-0.1, -0.05) is 276 Å². The van der Waals surface area contributed by atoms with E-state index in [9.17, 15) is 19.8 Å². The van der Waals surface area contributed by atoms with E-state index in [1.54, 1.807) is 0 Å². The standard InChI is InChI=1S/C63H121NO5/c1-3-5-7-9-11-13-15-17-18-25-29-33-37-41-45-49-53-57-63(68)69-58-54-50-46-42-38-34-30-27-24-22-20-19-21-23-26-28-32-36-40-44-48-52-56-62(67)64-60(59-65)61(66)55-51-47-43-39-35-31-16-14-12-10-8-6-4-2/h17-18,21,23,60-61,65-66H,3-16,19-20,22,24-59H2,1-2H3,(H,64,67)/b18-17-,23-21-. The van der Waals surface area contributed by atoms with Gasteiger partial charge < -0.3 is 20.3 Å². The second-order valence-corrected chi connectivity index (χ2v) is 21.4. The minimum Gasteiger partial charge on any atom is -0.466 e. The SMILES string of the molecule is CCCCCCCC/C=C\CCCCCCCCCC(=O)OCCCCCCCCCCCCC/C=C\CCCCCCCCCC(=O)NC(CO)C(O)CCCCCCCCCCCCCCC. The van der Waals surface area contributed by atoms with Crippen LogP contribution in [0.5, 0.6) is 0 Å². The molecule has 0 saturated carbocycles. The molecule has 6 heteroatoms. The normalized spacial score (nSPS) is 12.7. The average molecular weight is 973 g/mol. The highest BCUT2D eigenvalue weighted by molar-refractivity contribution is 5.76. The van der Waals surface area contributed by atoms with E-state index in [-0.39, 0.29) is 18.5 Å². The number of unbranched alkanes of at least 4 members (excludes halogenated alkanes) is 43. The summed E-state index contributed by atoms with van der Waals surface area (Å²) in [5, 5.41) is 23.2. The molecule has 0 aliphatic rings. The zero-order valence-corrected chi connectivity index (χ0v) is 46.6. The molecule has 1 amide bonds. The lowest BCUT2D eigenvalue weighted by molar-refractivity contribution is -0.143. The van der Waals surface area contributed by atoms with Gasteiger partial charge in [-0.25, -0.2) is 0 Å². The average Bonchev–Trinajstić information content (AvgIpc) is 3.35. The van der Waals surface area contributed by atoms with Crippen LogP contribution in [0.1, 0.15) is 341 Å². The summed E-state index contributed by atoms with van der Waals surface area (Å²) in [6.07, 6.45) is 71.9. The monoisotopic (exact) mass is 972 g/mol. The molecule has 0 aromatic carbocycles. The first-order valence-corrected chi connectivity index (χ1v) is 31.1. The van der Waals surface area contributed by atoms with E-state index < -0.39 is 12.1 Å². The number of ether oxygens (including phenoxy) is 1. The Labute approximate surface area is 431 Å². The molecule has 0 aliphatic carbocycles. The highest BCUT2D eigenvalue weighted by atomic mass is 16.5. The maximum atomic E-state index is 12.5. The van der Waals surface area contributed by atoms with Crippen molar-refractivity contribution >= 4 is 11.9 Å². The Morgan fingerprint density at radius 1 is 0.391 bits per heavy atom. The molecular formula is C63H121NO5. The number of hydrogen-bond acceptors (Lipinski definition) is 5. The molecule has 2 atom stereocenters. The first kappa shape index (κ1) is 67.3. The van der Waals surface area contributed by atoms with E-state index in [4.69, 9.17) is 4.74 Å². The number of aliphatic hydroxyl groups excluding tert-OH is 2. The molecule has 0 bridgehead atoms. The maximum Gasteiger partial charge on any atom is 0.305 e. The van der Waals surface area contributed by atoms with E-state index in [1.807, 2.05) is 0 Å². The van der Waals surface area contributed by atoms with Crippen LogP contribution in [0.15, 0.2) is 24.3 Å². The minimum absolute atomic E-state index is 0.00698. The number of hydrogen-bond donors (Lipinski definition) is 3. The topological polar surface area (TPSA) is 95.9 Å². The van der Waals surface area contributed by atoms with Crippen LogP contribution in [0.4, 0.5) is 0 Å². The van der Waals surface area contributed by atoms with Crippen molar-refractivity contribution in [3.63, 3.8) is 0 Å². The van der Waals surface area contributed by atoms with Gasteiger partial charge in [0, 0.05) is 12.8 Å². The molecule has 0 aliphatic heterocycles. The second-order valence-electron chi connectivity index (χ2n) is 21.4. The molecule has 0 aromatic heterocycles. The van der Waals surface area contributed by atoms with E-state index in [0.717, 1.165) is 44.9 Å². The number of esters is 1. The van der Waals surface area contributed by atoms with Gasteiger partial charge in [-0.2, -0.15) is 0 Å². The quantitative estimate of drug-likeness (QED) is 0.0321. The van der Waals surface area contributed by atoms with Crippen molar-refractivity contribution in [2.24, 2.45) is 0 Å². The Morgan fingerprint density at radius 2 is 0.681 bits per heavy atom. The van der Waals surface area contributed by atoms with Crippen molar-refractivity contribution in [1.82, 2.24) is 5.32 Å². The number of rotatable bonds is 58. The molecule has 2 unspecified atom stereocenters. The van der Waals surface area contributed by atoms with Gasteiger partial charge >= 0.3 is 5.97 Å². The predicted molar refractivity (Wildman–Crippen MR) is 301 cm³/mol. The largest absolute Gasteiger partial charge is 0.466 e. The van der Waals surface area contributed by atoms with Crippen LogP contribution < -0.4 is 5.32 Å². The van der Waals surface area contributed by atoms with Gasteiger partial charge in [0.1, 0.15) is 0 Å². The number of allylic oxidation sites excluding steroid dienone is 4. The Morgan fingerprint density at radius 3 is 1.03 bits per heavy atom. The van der Waals surface area contributed by atoms with Crippen LogP contribution in [0.3, 0.4) is 0 Å². The number of amides is 1. The van der Waals surface area contributed by atoms with E-state index in [0.29, 0.717) is 25.9 Å². The van der Waals surface area contributed by atoms with Gasteiger partial charge in [0.2, 0.25) is 5.91 Å². The summed E-state index contributed by atoms with van der Waals surface area (Å²) in [4.78, 5) is 24.5. The highest BCUT2D eigenvalue weighted by Crippen LogP contribution is 2.17. The molecule has 0 heterocycles. The molecule has 0 fully saturated rings. The van der Waals surface area contributed by atoms with Crippen molar-refractivity contribution in [1.29, 1.82) is 0 Å². The third kappa shape index (κ3) is 55.5. The lowest BCUT2D eigenvalue weighted by Gasteiger charge is -2.22. The Balaban J connectivity index is 3.39. The number of carbonyl (C=O) groups excluding carboxylic acids is 2. The molecule has 0 spiro atoms. The summed E-state index contributed by atoms with van der Waals surface area (Å²) in [5.41, 5.74) is 0. The van der Waals surface area contributed by atoms with E-state index in [1.165, 1.54) is 263 Å². The van der Waals surface area contributed by atoms with Crippen LogP contribution >= 0.6 is 0 Å². The fourth-order valence-corrected chi connectivity index (χ4v) is 9.69. The Kier molecular flexibility index (Phi) is 57.5. The van der Waals surface area contributed by atoms with Crippen molar-refractivity contribution < 1.29 is 24.5 Å². The van der Waals surface area contributed by atoms with Gasteiger partial charge in [0.15, 0.2) is 0 Å². The van der Waals surface area contributed by atoms with Crippen LogP contribution in [-0.2, 0) is 14.3 Å². The third-order valence-corrected chi connectivity index (χ3v) is 14.5. The predicted octanol–water partition coefficient (Wildman–Crippen LogP) is 19.4. The summed E-state index contributed by atoms with van der Waals surface area (Å²) in [5.74, 6) is -0.0341. The maximum absolute atomic E-state index is 12.5. The lowest BCUT2D eigenvalue weighted by Crippen LogP contribution is -2.45. The van der Waals surface area contributed by atoms with Crippen molar-refractivity contribution in [2.75, 3.05) is 13.2 Å². The summed E-state index contributed by atoms with van der Waals surface area (Å²) in [6.45, 7) is 4.96. The van der Waals surface area contributed by atoms with Crippen molar-refractivity contribution in [2.45, 2.75) is 353 Å².